The summed E-state index contributed by atoms with van der Waals surface area (Å²) >= 11 is 0. The standard InChI is InChI=1S/C21H22F2N2O3.C4H4O4/c1-13-16-5-7-24-6-4-15(16)11-19-20(13)25(8-9-26-19)12-14-2-3-17-18(10-14)28-21(22,23)27-17;5-3(6)1-2-4(7)8/h2-3,10-11,24H,4-9,12H2,1H3;1-2H,(H,5,6)(H,7,8)/b;2-1+. The minimum atomic E-state index is -3.59. The summed E-state index contributed by atoms with van der Waals surface area (Å²) in [5.74, 6) is -1.44. The number of benzene rings is 2. The van der Waals surface area contributed by atoms with Gasteiger partial charge in [-0.15, -0.1) is 8.78 Å². The second-order valence-electron chi connectivity index (χ2n) is 8.46. The van der Waals surface area contributed by atoms with Gasteiger partial charge in [0.05, 0.1) is 12.2 Å². The fraction of sp³-hybridized carbons (Fsp3) is 0.360. The van der Waals surface area contributed by atoms with Crippen LogP contribution in [0.25, 0.3) is 0 Å². The molecule has 0 unspecified atom stereocenters. The van der Waals surface area contributed by atoms with Gasteiger partial charge in [0.1, 0.15) is 12.4 Å². The number of rotatable bonds is 4. The maximum absolute atomic E-state index is 13.3. The molecule has 36 heavy (non-hydrogen) atoms. The zero-order chi connectivity index (χ0) is 25.9. The Labute approximate surface area is 205 Å². The number of nitrogens with one attached hydrogen (secondary N) is 1. The summed E-state index contributed by atoms with van der Waals surface area (Å²) in [6.45, 7) is 6.06. The molecule has 3 heterocycles. The quantitative estimate of drug-likeness (QED) is 0.540. The Hall–Kier alpha value is -3.86. The highest BCUT2D eigenvalue weighted by molar-refractivity contribution is 5.89. The topological polar surface area (TPSA) is 118 Å². The third-order valence-corrected chi connectivity index (χ3v) is 6.00. The molecule has 0 atom stereocenters. The molecule has 3 aliphatic heterocycles. The molecule has 11 heteroatoms. The van der Waals surface area contributed by atoms with Crippen LogP contribution in [0.2, 0.25) is 0 Å². The third kappa shape index (κ3) is 5.85. The molecule has 3 N–H and O–H groups in total. The van der Waals surface area contributed by atoms with Crippen LogP contribution in [0.3, 0.4) is 0 Å². The van der Waals surface area contributed by atoms with Gasteiger partial charge in [-0.05, 0) is 73.3 Å². The molecule has 0 aromatic heterocycles. The SMILES string of the molecule is Cc1c2c(cc3c1N(Cc1ccc4c(c1)OC(F)(F)O4)CCO3)CCNCC2.O=C(O)/C=C/C(=O)O. The Morgan fingerprint density at radius 3 is 2.47 bits per heavy atom. The van der Waals surface area contributed by atoms with Crippen LogP contribution in [0.1, 0.15) is 22.3 Å². The highest BCUT2D eigenvalue weighted by atomic mass is 19.3. The van der Waals surface area contributed by atoms with Gasteiger partial charge in [-0.3, -0.25) is 0 Å². The van der Waals surface area contributed by atoms with E-state index in [0.717, 1.165) is 49.5 Å². The van der Waals surface area contributed by atoms with Crippen molar-refractivity contribution in [2.75, 3.05) is 31.1 Å². The zero-order valence-electron chi connectivity index (χ0n) is 19.6. The van der Waals surface area contributed by atoms with Gasteiger partial charge in [0.2, 0.25) is 0 Å². The molecule has 0 fully saturated rings. The smallest absolute Gasteiger partial charge is 0.490 e. The number of carboxylic acid groups (broad SMARTS) is 2. The monoisotopic (exact) mass is 504 g/mol. The minimum Gasteiger partial charge on any atom is -0.490 e. The van der Waals surface area contributed by atoms with Gasteiger partial charge in [0, 0.05) is 18.7 Å². The molecule has 0 saturated carbocycles. The van der Waals surface area contributed by atoms with E-state index in [0.29, 0.717) is 25.3 Å². The van der Waals surface area contributed by atoms with Crippen molar-refractivity contribution in [3.05, 3.63) is 58.7 Å². The lowest BCUT2D eigenvalue weighted by atomic mass is 9.94. The van der Waals surface area contributed by atoms with E-state index < -0.39 is 18.2 Å². The molecular formula is C25H26F2N2O7. The Morgan fingerprint density at radius 1 is 1.06 bits per heavy atom. The van der Waals surface area contributed by atoms with Crippen LogP contribution in [0.15, 0.2) is 36.4 Å². The van der Waals surface area contributed by atoms with Crippen LogP contribution < -0.4 is 24.4 Å². The number of hydrogen-bond acceptors (Lipinski definition) is 7. The van der Waals surface area contributed by atoms with Crippen LogP contribution in [-0.4, -0.2) is 54.7 Å². The van der Waals surface area contributed by atoms with Crippen molar-refractivity contribution in [1.82, 2.24) is 5.32 Å². The van der Waals surface area contributed by atoms with E-state index in [1.54, 1.807) is 18.2 Å². The van der Waals surface area contributed by atoms with E-state index in [4.69, 9.17) is 14.9 Å². The molecule has 0 aliphatic carbocycles. The van der Waals surface area contributed by atoms with E-state index in [1.165, 1.54) is 16.7 Å². The fourth-order valence-corrected chi connectivity index (χ4v) is 4.51. The second-order valence-corrected chi connectivity index (χ2v) is 8.46. The molecule has 192 valence electrons. The zero-order valence-corrected chi connectivity index (χ0v) is 19.6. The number of carboxylic acids is 2. The summed E-state index contributed by atoms with van der Waals surface area (Å²) in [5, 5.41) is 19.1. The van der Waals surface area contributed by atoms with Gasteiger partial charge in [-0.25, -0.2) is 9.59 Å². The van der Waals surface area contributed by atoms with Crippen LogP contribution in [0.4, 0.5) is 14.5 Å². The van der Waals surface area contributed by atoms with Gasteiger partial charge in [0.25, 0.3) is 0 Å². The number of alkyl halides is 2. The molecule has 0 bridgehead atoms. The van der Waals surface area contributed by atoms with Crippen molar-refractivity contribution in [3.8, 4) is 17.2 Å². The number of carbonyl (C=O) groups is 2. The van der Waals surface area contributed by atoms with Gasteiger partial charge in [-0.1, -0.05) is 6.07 Å². The number of halogens is 2. The number of nitrogens with zero attached hydrogens (tertiary/aromatic N) is 1. The van der Waals surface area contributed by atoms with E-state index in [2.05, 4.69) is 32.7 Å². The van der Waals surface area contributed by atoms with Gasteiger partial charge in [-0.2, -0.15) is 0 Å². The summed E-state index contributed by atoms with van der Waals surface area (Å²) in [4.78, 5) is 21.4. The Bertz CT molecular complexity index is 1180. The molecule has 0 radical (unpaired) electrons. The van der Waals surface area contributed by atoms with Crippen molar-refractivity contribution in [3.63, 3.8) is 0 Å². The van der Waals surface area contributed by atoms with Gasteiger partial charge >= 0.3 is 18.2 Å². The lowest BCUT2D eigenvalue weighted by molar-refractivity contribution is -0.286. The molecule has 9 nitrogen and oxygen atoms in total. The Morgan fingerprint density at radius 2 is 1.75 bits per heavy atom. The predicted octanol–water partition coefficient (Wildman–Crippen LogP) is 3.12. The highest BCUT2D eigenvalue weighted by Crippen LogP contribution is 2.43. The molecule has 3 aliphatic rings. The largest absolute Gasteiger partial charge is 0.586 e. The maximum atomic E-state index is 13.3. The Balaban J connectivity index is 0.000000331. The van der Waals surface area contributed by atoms with Crippen LogP contribution in [0.5, 0.6) is 17.2 Å². The van der Waals surface area contributed by atoms with Crippen LogP contribution in [0, 0.1) is 6.92 Å². The minimum absolute atomic E-state index is 0.0742. The number of fused-ring (bicyclic) bond motifs is 3. The van der Waals surface area contributed by atoms with E-state index in [9.17, 15) is 18.4 Å². The summed E-state index contributed by atoms with van der Waals surface area (Å²) in [6.07, 6.45) is -0.468. The molecule has 0 amide bonds. The average molecular weight is 504 g/mol. The van der Waals surface area contributed by atoms with E-state index in [1.807, 2.05) is 0 Å². The van der Waals surface area contributed by atoms with Crippen molar-refractivity contribution < 1.29 is 42.8 Å². The lowest BCUT2D eigenvalue weighted by Gasteiger charge is -2.34. The fourth-order valence-electron chi connectivity index (χ4n) is 4.51. The molecule has 5 rings (SSSR count). The molecular weight excluding hydrogens is 478 g/mol. The molecule has 0 saturated heterocycles. The van der Waals surface area contributed by atoms with E-state index in [-0.39, 0.29) is 11.5 Å². The first kappa shape index (κ1) is 25.2. The average Bonchev–Trinajstić information content (AvgIpc) is 2.95. The molecule has 2 aromatic carbocycles. The number of ether oxygens (including phenoxy) is 3. The first-order chi connectivity index (χ1) is 17.1. The highest BCUT2D eigenvalue weighted by Gasteiger charge is 2.43. The molecule has 2 aromatic rings. The van der Waals surface area contributed by atoms with Crippen molar-refractivity contribution in [1.29, 1.82) is 0 Å². The van der Waals surface area contributed by atoms with E-state index >= 15 is 0 Å². The van der Waals surface area contributed by atoms with Gasteiger partial charge in [0.15, 0.2) is 11.5 Å². The van der Waals surface area contributed by atoms with Gasteiger partial charge < -0.3 is 34.6 Å². The predicted molar refractivity (Wildman–Crippen MR) is 125 cm³/mol. The summed E-state index contributed by atoms with van der Waals surface area (Å²) in [6, 6.07) is 7.16. The first-order valence-corrected chi connectivity index (χ1v) is 11.4. The van der Waals surface area contributed by atoms with Crippen molar-refractivity contribution in [2.24, 2.45) is 0 Å². The maximum Gasteiger partial charge on any atom is 0.586 e. The third-order valence-electron chi connectivity index (χ3n) is 6.00. The molecule has 0 spiro atoms. The summed E-state index contributed by atoms with van der Waals surface area (Å²) < 4.78 is 41.7. The second kappa shape index (κ2) is 10.4. The van der Waals surface area contributed by atoms with Crippen LogP contribution >= 0.6 is 0 Å². The first-order valence-electron chi connectivity index (χ1n) is 11.4. The normalized spacial score (nSPS) is 17.2. The number of anilines is 1. The van der Waals surface area contributed by atoms with Crippen molar-refractivity contribution >= 4 is 17.6 Å². The summed E-state index contributed by atoms with van der Waals surface area (Å²) in [7, 11) is 0. The van der Waals surface area contributed by atoms with Crippen molar-refractivity contribution in [2.45, 2.75) is 32.6 Å². The lowest BCUT2D eigenvalue weighted by Crippen LogP contribution is -2.33. The Kier molecular flexibility index (Phi) is 7.30. The number of hydrogen-bond donors (Lipinski definition) is 3. The van der Waals surface area contributed by atoms with Crippen LogP contribution in [-0.2, 0) is 29.0 Å². The number of aliphatic carboxylic acids is 2. The summed E-state index contributed by atoms with van der Waals surface area (Å²) in [5.41, 5.74) is 6.00.